The van der Waals surface area contributed by atoms with Crippen molar-refractivity contribution in [1.29, 1.82) is 0 Å². The fraction of sp³-hybridized carbons (Fsp3) is 0.355. The Kier molecular flexibility index (Phi) is 10.3. The van der Waals surface area contributed by atoms with Gasteiger partial charge in [-0.3, -0.25) is 9.59 Å². The number of ether oxygens (including phenoxy) is 2. The first-order valence-corrected chi connectivity index (χ1v) is 15.5. The van der Waals surface area contributed by atoms with Gasteiger partial charge >= 0.3 is 12.1 Å². The summed E-state index contributed by atoms with van der Waals surface area (Å²) < 4.78 is 10.8. The van der Waals surface area contributed by atoms with Gasteiger partial charge in [0.25, 0.3) is 0 Å². The number of amides is 3. The van der Waals surface area contributed by atoms with Crippen LogP contribution in [-0.2, 0) is 38.4 Å². The summed E-state index contributed by atoms with van der Waals surface area (Å²) in [6, 6.07) is 16.8. The van der Waals surface area contributed by atoms with Crippen LogP contribution in [0.4, 0.5) is 15.5 Å². The van der Waals surface area contributed by atoms with E-state index in [1.165, 1.54) is 23.1 Å². The van der Waals surface area contributed by atoms with Crippen LogP contribution in [-0.4, -0.2) is 53.3 Å². The maximum Gasteiger partial charge on any atom is 0.410 e. The number of fused-ring (bicyclic) bond motifs is 1. The number of rotatable bonds is 9. The minimum absolute atomic E-state index is 0.0935. The van der Waals surface area contributed by atoms with E-state index in [2.05, 4.69) is 10.6 Å². The summed E-state index contributed by atoms with van der Waals surface area (Å²) in [6.45, 7) is 8.06. The Morgan fingerprint density at radius 1 is 1.00 bits per heavy atom. The summed E-state index contributed by atoms with van der Waals surface area (Å²) in [5, 5.41) is 6.20. The molecule has 0 radical (unpaired) electrons. The lowest BCUT2D eigenvalue weighted by atomic mass is 10.0. The van der Waals surface area contributed by atoms with Crippen molar-refractivity contribution in [2.24, 2.45) is 0 Å². The Morgan fingerprint density at radius 2 is 1.76 bits per heavy atom. The highest BCUT2D eigenvalue weighted by Crippen LogP contribution is 2.38. The Hall–Kier alpha value is -3.83. The van der Waals surface area contributed by atoms with Crippen molar-refractivity contribution in [3.8, 4) is 0 Å². The van der Waals surface area contributed by atoms with Crippen molar-refractivity contribution < 1.29 is 28.7 Å². The van der Waals surface area contributed by atoms with E-state index in [1.807, 2.05) is 69.3 Å². The molecule has 0 unspecified atom stereocenters. The van der Waals surface area contributed by atoms with Gasteiger partial charge in [0.15, 0.2) is 0 Å². The summed E-state index contributed by atoms with van der Waals surface area (Å²) >= 11 is 2.59. The molecule has 1 aliphatic rings. The summed E-state index contributed by atoms with van der Waals surface area (Å²) in [5.41, 5.74) is 2.09. The fourth-order valence-corrected chi connectivity index (χ4v) is 6.38. The van der Waals surface area contributed by atoms with Gasteiger partial charge in [-0.15, -0.1) is 23.1 Å². The second-order valence-corrected chi connectivity index (χ2v) is 12.8. The number of thioether (sulfide) groups is 1. The van der Waals surface area contributed by atoms with E-state index in [9.17, 15) is 19.2 Å². The van der Waals surface area contributed by atoms with Gasteiger partial charge in [0.2, 0.25) is 11.8 Å². The number of thiophene rings is 1. The molecule has 0 aliphatic carbocycles. The molecule has 2 heterocycles. The molecule has 0 saturated heterocycles. The zero-order valence-corrected chi connectivity index (χ0v) is 25.8. The molecule has 3 aromatic rings. The first kappa shape index (κ1) is 31.1. The number of carbonyl (C=O) groups excluding carboxylic acids is 4. The number of hydrogen-bond donors (Lipinski definition) is 2. The maximum atomic E-state index is 13.0. The van der Waals surface area contributed by atoms with Gasteiger partial charge < -0.3 is 25.0 Å². The normalized spacial score (nSPS) is 12.7. The number of carbonyl (C=O) groups is 4. The van der Waals surface area contributed by atoms with Crippen molar-refractivity contribution in [2.45, 2.75) is 57.6 Å². The lowest BCUT2D eigenvalue weighted by molar-refractivity contribution is -0.115. The number of nitrogens with one attached hydrogen (secondary N) is 2. The molecule has 222 valence electrons. The van der Waals surface area contributed by atoms with E-state index in [1.54, 1.807) is 17.9 Å². The molecule has 1 aliphatic heterocycles. The number of esters is 1. The summed E-state index contributed by atoms with van der Waals surface area (Å²) in [4.78, 5) is 54.2. The van der Waals surface area contributed by atoms with Crippen LogP contribution < -0.4 is 10.6 Å². The van der Waals surface area contributed by atoms with Gasteiger partial charge in [-0.1, -0.05) is 36.4 Å². The van der Waals surface area contributed by atoms with E-state index in [0.29, 0.717) is 29.2 Å². The van der Waals surface area contributed by atoms with Gasteiger partial charge in [-0.05, 0) is 63.4 Å². The highest BCUT2D eigenvalue weighted by Gasteiger charge is 2.32. The molecule has 0 saturated carbocycles. The van der Waals surface area contributed by atoms with Crippen LogP contribution in [0.25, 0.3) is 0 Å². The largest absolute Gasteiger partial charge is 0.462 e. The van der Waals surface area contributed by atoms with E-state index in [-0.39, 0.29) is 37.1 Å². The molecule has 1 aromatic heterocycles. The molecular weight excluding hydrogens is 574 g/mol. The third-order valence-electron chi connectivity index (χ3n) is 6.14. The van der Waals surface area contributed by atoms with E-state index in [4.69, 9.17) is 9.47 Å². The van der Waals surface area contributed by atoms with Gasteiger partial charge in [-0.25, -0.2) is 9.59 Å². The molecule has 9 nitrogen and oxygen atoms in total. The van der Waals surface area contributed by atoms with Crippen LogP contribution in [0.5, 0.6) is 0 Å². The summed E-state index contributed by atoms with van der Waals surface area (Å²) in [5.74, 6) is -0.815. The SMILES string of the molecule is CCOC(=O)c1c(NC(=O)CSc2cccc(NC(=O)Cc3ccccc3)c2)sc2c1CCN(C(=O)OC(C)(C)C)C2. The van der Waals surface area contributed by atoms with Crippen molar-refractivity contribution in [3.63, 3.8) is 0 Å². The topological polar surface area (TPSA) is 114 Å². The standard InChI is InChI=1S/C31H35N3O6S2/c1-5-39-29(37)27-23-14-15-34(30(38)40-31(2,3)4)18-24(23)42-28(27)33-26(36)19-41-22-13-9-12-21(17-22)32-25(35)16-20-10-7-6-8-11-20/h6-13,17H,5,14-16,18-19H2,1-4H3,(H,32,35)(H,33,36). The average Bonchev–Trinajstić information content (AvgIpc) is 3.29. The monoisotopic (exact) mass is 609 g/mol. The zero-order chi connectivity index (χ0) is 30.3. The molecule has 0 fully saturated rings. The molecular formula is C31H35N3O6S2. The Balaban J connectivity index is 1.40. The Bertz CT molecular complexity index is 1450. The van der Waals surface area contributed by atoms with Crippen LogP contribution >= 0.6 is 23.1 Å². The molecule has 0 spiro atoms. The molecule has 0 bridgehead atoms. The van der Waals surface area contributed by atoms with Gasteiger partial charge in [0.1, 0.15) is 10.6 Å². The predicted molar refractivity (Wildman–Crippen MR) is 165 cm³/mol. The van der Waals surface area contributed by atoms with E-state index in [0.717, 1.165) is 20.9 Å². The van der Waals surface area contributed by atoms with Crippen molar-refractivity contribution in [3.05, 3.63) is 76.2 Å². The lowest BCUT2D eigenvalue weighted by Crippen LogP contribution is -2.39. The molecule has 2 N–H and O–H groups in total. The van der Waals surface area contributed by atoms with Gasteiger partial charge in [0, 0.05) is 22.0 Å². The van der Waals surface area contributed by atoms with E-state index >= 15 is 0 Å². The Labute approximate surface area is 254 Å². The molecule has 4 rings (SSSR count). The Morgan fingerprint density at radius 3 is 2.48 bits per heavy atom. The average molecular weight is 610 g/mol. The van der Waals surface area contributed by atoms with E-state index < -0.39 is 17.7 Å². The smallest absolute Gasteiger partial charge is 0.410 e. The quantitative estimate of drug-likeness (QED) is 0.222. The molecule has 11 heteroatoms. The second kappa shape index (κ2) is 13.9. The van der Waals surface area contributed by atoms with Crippen molar-refractivity contribution in [2.75, 3.05) is 29.5 Å². The summed E-state index contributed by atoms with van der Waals surface area (Å²) in [6.07, 6.45) is 0.302. The predicted octanol–water partition coefficient (Wildman–Crippen LogP) is 6.13. The number of hydrogen-bond acceptors (Lipinski definition) is 8. The van der Waals surface area contributed by atoms with Crippen LogP contribution in [0, 0.1) is 0 Å². The maximum absolute atomic E-state index is 13.0. The highest BCUT2D eigenvalue weighted by molar-refractivity contribution is 8.00. The minimum Gasteiger partial charge on any atom is -0.462 e. The molecule has 3 amide bonds. The first-order chi connectivity index (χ1) is 20.0. The van der Waals surface area contributed by atoms with Gasteiger partial charge in [-0.2, -0.15) is 0 Å². The van der Waals surface area contributed by atoms with Gasteiger partial charge in [0.05, 0.1) is 30.9 Å². The minimum atomic E-state index is -0.618. The van der Waals surface area contributed by atoms with Crippen LogP contribution in [0.2, 0.25) is 0 Å². The lowest BCUT2D eigenvalue weighted by Gasteiger charge is -2.30. The van der Waals surface area contributed by atoms with Crippen LogP contribution in [0.15, 0.2) is 59.5 Å². The third-order valence-corrected chi connectivity index (χ3v) is 8.26. The number of nitrogens with zero attached hydrogens (tertiary/aromatic N) is 1. The molecule has 0 atom stereocenters. The highest BCUT2D eigenvalue weighted by atomic mass is 32.2. The van der Waals surface area contributed by atoms with Crippen molar-refractivity contribution >= 4 is 57.7 Å². The zero-order valence-electron chi connectivity index (χ0n) is 24.2. The number of benzene rings is 2. The third kappa shape index (κ3) is 8.59. The first-order valence-electron chi connectivity index (χ1n) is 13.7. The van der Waals surface area contributed by atoms with Crippen LogP contribution in [0.3, 0.4) is 0 Å². The number of anilines is 2. The summed E-state index contributed by atoms with van der Waals surface area (Å²) in [7, 11) is 0. The second-order valence-electron chi connectivity index (χ2n) is 10.7. The fourth-order valence-electron chi connectivity index (χ4n) is 4.35. The molecule has 42 heavy (non-hydrogen) atoms. The van der Waals surface area contributed by atoms with Crippen LogP contribution in [0.1, 0.15) is 54.1 Å². The molecule has 2 aromatic carbocycles. The van der Waals surface area contributed by atoms with Crippen molar-refractivity contribution in [1.82, 2.24) is 4.90 Å².